The largest absolute Gasteiger partial charge is 0.496 e. The third-order valence-corrected chi connectivity index (χ3v) is 4.74. The molecule has 4 nitrogen and oxygen atoms in total. The number of thiazole rings is 1. The molecule has 2 rings (SSSR count). The molecule has 0 saturated heterocycles. The Hall–Kier alpha value is -1.40. The Bertz CT molecular complexity index is 657. The molecule has 2 aromatic rings. The summed E-state index contributed by atoms with van der Waals surface area (Å²) in [5, 5.41) is 2.74. The van der Waals surface area contributed by atoms with Crippen molar-refractivity contribution in [3.05, 3.63) is 33.7 Å². The summed E-state index contributed by atoms with van der Waals surface area (Å²) in [5.41, 5.74) is 1.67. The number of hydrogen-bond donors (Lipinski definition) is 0. The van der Waals surface area contributed by atoms with Gasteiger partial charge in [-0.3, -0.25) is 4.79 Å². The quantitative estimate of drug-likeness (QED) is 0.679. The van der Waals surface area contributed by atoms with Crippen LogP contribution in [-0.2, 0) is 16.1 Å². The van der Waals surface area contributed by atoms with Crippen LogP contribution in [0.1, 0.15) is 26.0 Å². The number of aromatic nitrogens is 1. The SMILES string of the molecule is CCC(C)C(=O)OCc1csc(-c2cc(Br)ccc2OC)n1. The van der Waals surface area contributed by atoms with Crippen LogP contribution in [0, 0.1) is 5.92 Å². The van der Waals surface area contributed by atoms with Crippen molar-refractivity contribution in [1.82, 2.24) is 4.98 Å². The van der Waals surface area contributed by atoms with Gasteiger partial charge in [0.1, 0.15) is 17.4 Å². The molecule has 1 atom stereocenters. The Morgan fingerprint density at radius 1 is 1.45 bits per heavy atom. The highest BCUT2D eigenvalue weighted by molar-refractivity contribution is 9.10. The normalized spacial score (nSPS) is 12.0. The number of carbonyl (C=O) groups excluding carboxylic acids is 1. The summed E-state index contributed by atoms with van der Waals surface area (Å²) >= 11 is 4.96. The number of carbonyl (C=O) groups is 1. The van der Waals surface area contributed by atoms with Crippen molar-refractivity contribution in [3.63, 3.8) is 0 Å². The summed E-state index contributed by atoms with van der Waals surface area (Å²) in [6.07, 6.45) is 0.774. The first-order chi connectivity index (χ1) is 10.5. The van der Waals surface area contributed by atoms with E-state index in [2.05, 4.69) is 20.9 Å². The highest BCUT2D eigenvalue weighted by atomic mass is 79.9. The van der Waals surface area contributed by atoms with E-state index in [-0.39, 0.29) is 18.5 Å². The van der Waals surface area contributed by atoms with Crippen LogP contribution in [-0.4, -0.2) is 18.1 Å². The fourth-order valence-corrected chi connectivity index (χ4v) is 2.98. The average Bonchev–Trinajstić information content (AvgIpc) is 3.00. The summed E-state index contributed by atoms with van der Waals surface area (Å²) in [6, 6.07) is 5.78. The van der Waals surface area contributed by atoms with Gasteiger partial charge < -0.3 is 9.47 Å². The van der Waals surface area contributed by atoms with E-state index in [1.165, 1.54) is 11.3 Å². The van der Waals surface area contributed by atoms with Gasteiger partial charge in [-0.05, 0) is 24.6 Å². The molecule has 0 N–H and O–H groups in total. The van der Waals surface area contributed by atoms with Gasteiger partial charge in [0.2, 0.25) is 0 Å². The minimum absolute atomic E-state index is 0.0803. The molecule has 118 valence electrons. The topological polar surface area (TPSA) is 48.4 Å². The Morgan fingerprint density at radius 3 is 2.91 bits per heavy atom. The molecular formula is C16H18BrNO3S. The van der Waals surface area contributed by atoms with Crippen LogP contribution in [0.2, 0.25) is 0 Å². The fraction of sp³-hybridized carbons (Fsp3) is 0.375. The first kappa shape index (κ1) is 17.0. The minimum Gasteiger partial charge on any atom is -0.496 e. The zero-order valence-corrected chi connectivity index (χ0v) is 15.2. The first-order valence-electron chi connectivity index (χ1n) is 7.00. The molecule has 0 fully saturated rings. The molecule has 1 aromatic heterocycles. The number of rotatable bonds is 6. The summed E-state index contributed by atoms with van der Waals surface area (Å²) in [4.78, 5) is 16.2. The highest BCUT2D eigenvalue weighted by Gasteiger charge is 2.14. The fourth-order valence-electron chi connectivity index (χ4n) is 1.80. The maximum atomic E-state index is 11.7. The van der Waals surface area contributed by atoms with Gasteiger partial charge in [-0.1, -0.05) is 29.8 Å². The predicted molar refractivity (Wildman–Crippen MR) is 91.1 cm³/mol. The Morgan fingerprint density at radius 2 is 2.23 bits per heavy atom. The molecule has 0 amide bonds. The molecule has 6 heteroatoms. The highest BCUT2D eigenvalue weighted by Crippen LogP contribution is 2.34. The Labute approximate surface area is 142 Å². The summed E-state index contributed by atoms with van der Waals surface area (Å²) < 4.78 is 11.6. The van der Waals surface area contributed by atoms with Gasteiger partial charge in [0, 0.05) is 9.85 Å². The second-order valence-electron chi connectivity index (χ2n) is 4.91. The van der Waals surface area contributed by atoms with E-state index < -0.39 is 0 Å². The number of ether oxygens (including phenoxy) is 2. The van der Waals surface area contributed by atoms with E-state index in [9.17, 15) is 4.79 Å². The third-order valence-electron chi connectivity index (χ3n) is 3.32. The summed E-state index contributed by atoms with van der Waals surface area (Å²) in [5.74, 6) is 0.501. The monoisotopic (exact) mass is 383 g/mol. The molecule has 1 heterocycles. The van der Waals surface area contributed by atoms with Crippen LogP contribution in [0.25, 0.3) is 10.6 Å². The lowest BCUT2D eigenvalue weighted by molar-refractivity contribution is -0.149. The van der Waals surface area contributed by atoms with Crippen molar-refractivity contribution in [2.75, 3.05) is 7.11 Å². The molecular weight excluding hydrogens is 366 g/mol. The molecule has 22 heavy (non-hydrogen) atoms. The molecule has 1 unspecified atom stereocenters. The van der Waals surface area contributed by atoms with Gasteiger partial charge >= 0.3 is 5.97 Å². The van der Waals surface area contributed by atoms with Gasteiger partial charge in [0.15, 0.2) is 0 Å². The van der Waals surface area contributed by atoms with Gasteiger partial charge in [-0.25, -0.2) is 4.98 Å². The lowest BCUT2D eigenvalue weighted by Crippen LogP contribution is -2.13. The molecule has 0 radical (unpaired) electrons. The molecule has 0 saturated carbocycles. The zero-order chi connectivity index (χ0) is 16.1. The minimum atomic E-state index is -0.183. The van der Waals surface area contributed by atoms with Crippen LogP contribution in [0.5, 0.6) is 5.75 Å². The van der Waals surface area contributed by atoms with Crippen LogP contribution < -0.4 is 4.74 Å². The van der Waals surface area contributed by atoms with E-state index in [0.717, 1.165) is 32.9 Å². The van der Waals surface area contributed by atoms with E-state index in [4.69, 9.17) is 9.47 Å². The average molecular weight is 384 g/mol. The number of methoxy groups -OCH3 is 1. The van der Waals surface area contributed by atoms with Crippen LogP contribution in [0.3, 0.4) is 0 Å². The molecule has 1 aromatic carbocycles. The molecule has 0 aliphatic heterocycles. The standard InChI is InChI=1S/C16H18BrNO3S/c1-4-10(2)16(19)21-8-12-9-22-15(18-12)13-7-11(17)5-6-14(13)20-3/h5-7,9-10H,4,8H2,1-3H3. The second kappa shape index (κ2) is 7.74. The smallest absolute Gasteiger partial charge is 0.309 e. The first-order valence-corrected chi connectivity index (χ1v) is 8.67. The van der Waals surface area contributed by atoms with Crippen molar-refractivity contribution in [2.24, 2.45) is 5.92 Å². The summed E-state index contributed by atoms with van der Waals surface area (Å²) in [7, 11) is 1.63. The van der Waals surface area contributed by atoms with E-state index in [1.54, 1.807) is 7.11 Å². The van der Waals surface area contributed by atoms with E-state index in [0.29, 0.717) is 0 Å². The van der Waals surface area contributed by atoms with Gasteiger partial charge in [-0.15, -0.1) is 11.3 Å². The lowest BCUT2D eigenvalue weighted by Gasteiger charge is -2.08. The number of hydrogen-bond acceptors (Lipinski definition) is 5. The Balaban J connectivity index is 2.12. The third kappa shape index (κ3) is 4.08. The molecule has 0 aliphatic carbocycles. The number of esters is 1. The molecule has 0 aliphatic rings. The number of halogens is 1. The van der Waals surface area contributed by atoms with Crippen LogP contribution in [0.15, 0.2) is 28.1 Å². The molecule has 0 bridgehead atoms. The van der Waals surface area contributed by atoms with Gasteiger partial charge in [-0.2, -0.15) is 0 Å². The van der Waals surface area contributed by atoms with E-state index >= 15 is 0 Å². The van der Waals surface area contributed by atoms with E-state index in [1.807, 2.05) is 37.4 Å². The molecule has 0 spiro atoms. The van der Waals surface area contributed by atoms with Crippen LogP contribution >= 0.6 is 27.3 Å². The predicted octanol–water partition coefficient (Wildman–Crippen LogP) is 4.67. The van der Waals surface area contributed by atoms with Gasteiger partial charge in [0.25, 0.3) is 0 Å². The van der Waals surface area contributed by atoms with Crippen molar-refractivity contribution in [2.45, 2.75) is 26.9 Å². The Kier molecular flexibility index (Phi) is 5.97. The van der Waals surface area contributed by atoms with Crippen molar-refractivity contribution < 1.29 is 14.3 Å². The maximum Gasteiger partial charge on any atom is 0.309 e. The van der Waals surface area contributed by atoms with Crippen molar-refractivity contribution in [3.8, 4) is 16.3 Å². The maximum absolute atomic E-state index is 11.7. The van der Waals surface area contributed by atoms with Gasteiger partial charge in [0.05, 0.1) is 24.3 Å². The van der Waals surface area contributed by atoms with Crippen molar-refractivity contribution in [1.29, 1.82) is 0 Å². The summed E-state index contributed by atoms with van der Waals surface area (Å²) in [6.45, 7) is 4.03. The van der Waals surface area contributed by atoms with Crippen molar-refractivity contribution >= 4 is 33.2 Å². The lowest BCUT2D eigenvalue weighted by atomic mass is 10.1. The van der Waals surface area contributed by atoms with Crippen LogP contribution in [0.4, 0.5) is 0 Å². The zero-order valence-electron chi connectivity index (χ0n) is 12.8. The number of nitrogens with zero attached hydrogens (tertiary/aromatic N) is 1. The number of benzene rings is 1. The second-order valence-corrected chi connectivity index (χ2v) is 6.68.